The van der Waals surface area contributed by atoms with Gasteiger partial charge in [0.25, 0.3) is 0 Å². The van der Waals surface area contributed by atoms with E-state index in [9.17, 15) is 9.59 Å². The third-order valence-corrected chi connectivity index (χ3v) is 5.14. The number of nitrogens with zero attached hydrogens (tertiary/aromatic N) is 3. The number of para-hydroxylation sites is 1. The molecule has 0 aliphatic carbocycles. The standard InChI is InChI=1S/C19H28N4O2/c1-2-21-8-10-22(11-9-21)15-18(24)20-13-16-12-19(25)23(14-16)17-6-4-3-5-7-17/h3-7,16H,2,8-15H2,1H3,(H,20,24). The molecule has 0 bridgehead atoms. The van der Waals surface area contributed by atoms with Crippen molar-refractivity contribution in [2.24, 2.45) is 5.92 Å². The lowest BCUT2D eigenvalue weighted by Crippen LogP contribution is -2.49. The molecule has 2 saturated heterocycles. The molecule has 1 unspecified atom stereocenters. The largest absolute Gasteiger partial charge is 0.355 e. The van der Waals surface area contributed by atoms with Crippen molar-refractivity contribution in [1.82, 2.24) is 15.1 Å². The third kappa shape index (κ3) is 4.80. The summed E-state index contributed by atoms with van der Waals surface area (Å²) in [6, 6.07) is 9.73. The lowest BCUT2D eigenvalue weighted by Gasteiger charge is -2.33. The highest BCUT2D eigenvalue weighted by molar-refractivity contribution is 5.95. The second kappa shape index (κ2) is 8.45. The number of benzene rings is 1. The molecule has 6 nitrogen and oxygen atoms in total. The summed E-state index contributed by atoms with van der Waals surface area (Å²) in [5, 5.41) is 3.02. The summed E-state index contributed by atoms with van der Waals surface area (Å²) in [4.78, 5) is 30.8. The molecular formula is C19H28N4O2. The average molecular weight is 344 g/mol. The molecule has 6 heteroatoms. The van der Waals surface area contributed by atoms with Gasteiger partial charge in [0, 0.05) is 57.3 Å². The van der Waals surface area contributed by atoms with E-state index in [1.54, 1.807) is 0 Å². The number of anilines is 1. The van der Waals surface area contributed by atoms with Crippen LogP contribution in [0.4, 0.5) is 5.69 Å². The minimum atomic E-state index is 0.0653. The maximum absolute atomic E-state index is 12.2. The minimum Gasteiger partial charge on any atom is -0.355 e. The van der Waals surface area contributed by atoms with E-state index in [0.717, 1.165) is 38.4 Å². The Labute approximate surface area is 149 Å². The van der Waals surface area contributed by atoms with E-state index < -0.39 is 0 Å². The van der Waals surface area contributed by atoms with Crippen LogP contribution in [0.5, 0.6) is 0 Å². The average Bonchev–Trinajstić information content (AvgIpc) is 3.02. The predicted molar refractivity (Wildman–Crippen MR) is 98.5 cm³/mol. The smallest absolute Gasteiger partial charge is 0.234 e. The molecule has 0 aromatic heterocycles. The van der Waals surface area contributed by atoms with Crippen LogP contribution in [0.15, 0.2) is 30.3 Å². The summed E-state index contributed by atoms with van der Waals surface area (Å²) in [6.45, 7) is 8.93. The van der Waals surface area contributed by atoms with Gasteiger partial charge in [-0.05, 0) is 18.7 Å². The number of hydrogen-bond acceptors (Lipinski definition) is 4. The van der Waals surface area contributed by atoms with Crippen molar-refractivity contribution in [3.63, 3.8) is 0 Å². The van der Waals surface area contributed by atoms with Crippen LogP contribution in [-0.4, -0.2) is 74.0 Å². The van der Waals surface area contributed by atoms with Crippen molar-refractivity contribution in [3.8, 4) is 0 Å². The Balaban J connectivity index is 1.40. The molecule has 1 aromatic carbocycles. The normalized spacial score (nSPS) is 22.4. The van der Waals surface area contributed by atoms with E-state index >= 15 is 0 Å². The summed E-state index contributed by atoms with van der Waals surface area (Å²) in [5.41, 5.74) is 0.940. The number of piperazine rings is 1. The van der Waals surface area contributed by atoms with Crippen LogP contribution in [0.3, 0.4) is 0 Å². The number of rotatable bonds is 6. The SMILES string of the molecule is CCN1CCN(CC(=O)NCC2CC(=O)N(c3ccccc3)C2)CC1. The van der Waals surface area contributed by atoms with Gasteiger partial charge in [0.15, 0.2) is 0 Å². The summed E-state index contributed by atoms with van der Waals surface area (Å²) in [5.74, 6) is 0.394. The lowest BCUT2D eigenvalue weighted by molar-refractivity contribution is -0.123. The molecule has 2 amide bonds. The van der Waals surface area contributed by atoms with Crippen molar-refractivity contribution in [1.29, 1.82) is 0 Å². The van der Waals surface area contributed by atoms with Crippen molar-refractivity contribution in [2.75, 3.05) is 57.3 Å². The van der Waals surface area contributed by atoms with Crippen molar-refractivity contribution in [2.45, 2.75) is 13.3 Å². The molecule has 2 aliphatic rings. The maximum Gasteiger partial charge on any atom is 0.234 e. The Morgan fingerprint density at radius 1 is 1.12 bits per heavy atom. The summed E-state index contributed by atoms with van der Waals surface area (Å²) < 4.78 is 0. The van der Waals surface area contributed by atoms with Gasteiger partial charge in [-0.15, -0.1) is 0 Å². The molecule has 1 aromatic rings. The lowest BCUT2D eigenvalue weighted by atomic mass is 10.1. The monoisotopic (exact) mass is 344 g/mol. The third-order valence-electron chi connectivity index (χ3n) is 5.14. The molecular weight excluding hydrogens is 316 g/mol. The highest BCUT2D eigenvalue weighted by Gasteiger charge is 2.30. The number of likely N-dealkylation sites (N-methyl/N-ethyl adjacent to an activating group) is 1. The van der Waals surface area contributed by atoms with Crippen LogP contribution in [-0.2, 0) is 9.59 Å². The first-order valence-electron chi connectivity index (χ1n) is 9.22. The predicted octanol–water partition coefficient (Wildman–Crippen LogP) is 0.793. The van der Waals surface area contributed by atoms with E-state index in [-0.39, 0.29) is 17.7 Å². The first kappa shape index (κ1) is 17.9. The number of carbonyl (C=O) groups excluding carboxylic acids is 2. The van der Waals surface area contributed by atoms with Gasteiger partial charge < -0.3 is 15.1 Å². The van der Waals surface area contributed by atoms with Crippen LogP contribution in [0.2, 0.25) is 0 Å². The van der Waals surface area contributed by atoms with Crippen molar-refractivity contribution in [3.05, 3.63) is 30.3 Å². The first-order valence-corrected chi connectivity index (χ1v) is 9.22. The zero-order valence-corrected chi connectivity index (χ0v) is 15.0. The fourth-order valence-electron chi connectivity index (χ4n) is 3.56. The molecule has 25 heavy (non-hydrogen) atoms. The number of hydrogen-bond donors (Lipinski definition) is 1. The van der Waals surface area contributed by atoms with Gasteiger partial charge in [0.2, 0.25) is 11.8 Å². The second-order valence-corrected chi connectivity index (χ2v) is 6.92. The Morgan fingerprint density at radius 3 is 2.48 bits per heavy atom. The zero-order valence-electron chi connectivity index (χ0n) is 15.0. The van der Waals surface area contributed by atoms with E-state index in [1.165, 1.54) is 0 Å². The molecule has 2 heterocycles. The molecule has 2 fully saturated rings. The topological polar surface area (TPSA) is 55.9 Å². The zero-order chi connectivity index (χ0) is 17.6. The van der Waals surface area contributed by atoms with E-state index in [0.29, 0.717) is 26.1 Å². The molecule has 136 valence electrons. The van der Waals surface area contributed by atoms with E-state index in [4.69, 9.17) is 0 Å². The van der Waals surface area contributed by atoms with Crippen LogP contribution in [0.25, 0.3) is 0 Å². The van der Waals surface area contributed by atoms with Crippen LogP contribution >= 0.6 is 0 Å². The Morgan fingerprint density at radius 2 is 1.80 bits per heavy atom. The van der Waals surface area contributed by atoms with Gasteiger partial charge in [-0.25, -0.2) is 0 Å². The van der Waals surface area contributed by atoms with E-state index in [1.807, 2.05) is 35.2 Å². The molecule has 1 atom stereocenters. The Kier molecular flexibility index (Phi) is 6.04. The van der Waals surface area contributed by atoms with E-state index in [2.05, 4.69) is 22.0 Å². The van der Waals surface area contributed by atoms with Crippen LogP contribution in [0, 0.1) is 5.92 Å². The summed E-state index contributed by atoms with van der Waals surface area (Å²) in [6.07, 6.45) is 0.504. The summed E-state index contributed by atoms with van der Waals surface area (Å²) >= 11 is 0. The van der Waals surface area contributed by atoms with Gasteiger partial charge in [-0.2, -0.15) is 0 Å². The van der Waals surface area contributed by atoms with Crippen molar-refractivity contribution < 1.29 is 9.59 Å². The van der Waals surface area contributed by atoms with Crippen molar-refractivity contribution >= 4 is 17.5 Å². The fraction of sp³-hybridized carbons (Fsp3) is 0.579. The Hall–Kier alpha value is -1.92. The highest BCUT2D eigenvalue weighted by atomic mass is 16.2. The van der Waals surface area contributed by atoms with Gasteiger partial charge in [-0.3, -0.25) is 14.5 Å². The van der Waals surface area contributed by atoms with Crippen LogP contribution < -0.4 is 10.2 Å². The number of amides is 2. The number of nitrogens with one attached hydrogen (secondary N) is 1. The maximum atomic E-state index is 12.2. The van der Waals surface area contributed by atoms with Gasteiger partial charge in [0.05, 0.1) is 6.54 Å². The number of carbonyl (C=O) groups is 2. The van der Waals surface area contributed by atoms with Gasteiger partial charge in [0.1, 0.15) is 0 Å². The minimum absolute atomic E-state index is 0.0653. The van der Waals surface area contributed by atoms with Gasteiger partial charge in [-0.1, -0.05) is 25.1 Å². The molecule has 0 saturated carbocycles. The first-order chi connectivity index (χ1) is 12.2. The fourth-order valence-corrected chi connectivity index (χ4v) is 3.56. The quantitative estimate of drug-likeness (QED) is 0.829. The van der Waals surface area contributed by atoms with Gasteiger partial charge >= 0.3 is 0 Å². The Bertz CT molecular complexity index is 584. The molecule has 0 spiro atoms. The van der Waals surface area contributed by atoms with Crippen LogP contribution in [0.1, 0.15) is 13.3 Å². The molecule has 2 aliphatic heterocycles. The second-order valence-electron chi connectivity index (χ2n) is 6.92. The summed E-state index contributed by atoms with van der Waals surface area (Å²) in [7, 11) is 0. The molecule has 3 rings (SSSR count). The molecule has 1 N–H and O–H groups in total. The molecule has 0 radical (unpaired) electrons. The highest BCUT2D eigenvalue weighted by Crippen LogP contribution is 2.24.